The van der Waals surface area contributed by atoms with E-state index in [1.54, 1.807) is 10.4 Å². The summed E-state index contributed by atoms with van der Waals surface area (Å²) in [5, 5.41) is 1.84. The summed E-state index contributed by atoms with van der Waals surface area (Å²) in [6, 6.07) is 11.9. The molecular weight excluding hydrogens is 346 g/mol. The van der Waals surface area contributed by atoms with Crippen molar-refractivity contribution >= 4 is 33.1 Å². The quantitative estimate of drug-likeness (QED) is 0.830. The molecule has 6 heteroatoms. The SMILES string of the molecule is O=S(=O)(c1cccs1)N1CCc2ccccc2C1C1CCSC1. The van der Waals surface area contributed by atoms with Crippen molar-refractivity contribution in [1.82, 2.24) is 4.31 Å². The Morgan fingerprint density at radius 3 is 2.74 bits per heavy atom. The van der Waals surface area contributed by atoms with Gasteiger partial charge in [0.05, 0.1) is 6.04 Å². The van der Waals surface area contributed by atoms with E-state index in [1.165, 1.54) is 22.5 Å². The fourth-order valence-corrected chi connectivity index (χ4v) is 7.74. The highest BCUT2D eigenvalue weighted by Gasteiger charge is 2.41. The number of thiophene rings is 1. The maximum absolute atomic E-state index is 13.2. The zero-order valence-electron chi connectivity index (χ0n) is 12.7. The number of fused-ring (bicyclic) bond motifs is 1. The lowest BCUT2D eigenvalue weighted by Gasteiger charge is -2.39. The number of thioether (sulfide) groups is 1. The molecule has 2 aliphatic heterocycles. The predicted octanol–water partition coefficient (Wildman–Crippen LogP) is 3.79. The number of sulfonamides is 1. The van der Waals surface area contributed by atoms with E-state index in [-0.39, 0.29) is 6.04 Å². The van der Waals surface area contributed by atoms with E-state index in [2.05, 4.69) is 18.2 Å². The van der Waals surface area contributed by atoms with Crippen LogP contribution in [0.3, 0.4) is 0 Å². The van der Waals surface area contributed by atoms with Crippen molar-refractivity contribution in [3.05, 3.63) is 52.9 Å². The van der Waals surface area contributed by atoms with Crippen molar-refractivity contribution in [3.63, 3.8) is 0 Å². The van der Waals surface area contributed by atoms with Crippen LogP contribution in [-0.2, 0) is 16.4 Å². The zero-order valence-corrected chi connectivity index (χ0v) is 15.2. The van der Waals surface area contributed by atoms with Crippen molar-refractivity contribution in [1.29, 1.82) is 0 Å². The van der Waals surface area contributed by atoms with Crippen LogP contribution in [0.25, 0.3) is 0 Å². The highest BCUT2D eigenvalue weighted by molar-refractivity contribution is 7.99. The minimum atomic E-state index is -3.41. The molecule has 0 N–H and O–H groups in total. The van der Waals surface area contributed by atoms with E-state index in [1.807, 2.05) is 29.3 Å². The monoisotopic (exact) mass is 365 g/mol. The maximum Gasteiger partial charge on any atom is 0.253 e. The van der Waals surface area contributed by atoms with Crippen LogP contribution in [0.5, 0.6) is 0 Å². The molecule has 0 amide bonds. The van der Waals surface area contributed by atoms with Gasteiger partial charge in [0, 0.05) is 6.54 Å². The first-order chi connectivity index (χ1) is 11.2. The minimum absolute atomic E-state index is 0.0120. The van der Waals surface area contributed by atoms with Crippen molar-refractivity contribution in [2.45, 2.75) is 23.1 Å². The fraction of sp³-hybridized carbons (Fsp3) is 0.412. The lowest BCUT2D eigenvalue weighted by atomic mass is 9.86. The number of benzene rings is 1. The van der Waals surface area contributed by atoms with Gasteiger partial charge in [-0.05, 0) is 52.8 Å². The third kappa shape index (κ3) is 2.76. The molecular formula is C17H19NO2S3. The van der Waals surface area contributed by atoms with Crippen molar-refractivity contribution in [2.75, 3.05) is 18.1 Å². The predicted molar refractivity (Wildman–Crippen MR) is 96.5 cm³/mol. The third-order valence-corrected chi connectivity index (χ3v) is 9.20. The molecule has 3 nitrogen and oxygen atoms in total. The molecule has 23 heavy (non-hydrogen) atoms. The second-order valence-electron chi connectivity index (χ2n) is 6.07. The summed E-state index contributed by atoms with van der Waals surface area (Å²) < 4.78 is 28.6. The smallest absolute Gasteiger partial charge is 0.206 e. The average Bonchev–Trinajstić information content (AvgIpc) is 3.27. The molecule has 0 aliphatic carbocycles. The molecule has 2 unspecified atom stereocenters. The number of rotatable bonds is 3. The summed E-state index contributed by atoms with van der Waals surface area (Å²) in [7, 11) is -3.41. The van der Waals surface area contributed by atoms with E-state index >= 15 is 0 Å². The molecule has 1 aromatic heterocycles. The summed E-state index contributed by atoms with van der Waals surface area (Å²) in [5.74, 6) is 2.60. The van der Waals surface area contributed by atoms with Gasteiger partial charge in [-0.15, -0.1) is 11.3 Å². The molecule has 1 saturated heterocycles. The van der Waals surface area contributed by atoms with Gasteiger partial charge in [0.15, 0.2) is 0 Å². The Balaban J connectivity index is 1.80. The van der Waals surface area contributed by atoms with Crippen LogP contribution in [0.4, 0.5) is 0 Å². The first-order valence-electron chi connectivity index (χ1n) is 7.89. The molecule has 2 aliphatic rings. The van der Waals surface area contributed by atoms with Gasteiger partial charge < -0.3 is 0 Å². The van der Waals surface area contributed by atoms with E-state index < -0.39 is 10.0 Å². The molecule has 4 rings (SSSR count). The maximum atomic E-state index is 13.2. The van der Waals surface area contributed by atoms with Gasteiger partial charge >= 0.3 is 0 Å². The van der Waals surface area contributed by atoms with Crippen LogP contribution >= 0.6 is 23.1 Å². The third-order valence-electron chi connectivity index (χ3n) is 4.75. The minimum Gasteiger partial charge on any atom is -0.206 e. The molecule has 2 atom stereocenters. The van der Waals surface area contributed by atoms with Crippen LogP contribution in [0.15, 0.2) is 46.0 Å². The summed E-state index contributed by atoms with van der Waals surface area (Å²) in [5.41, 5.74) is 2.53. The Morgan fingerprint density at radius 1 is 1.13 bits per heavy atom. The Kier molecular flexibility index (Phi) is 4.26. The Hall–Kier alpha value is -0.820. The Bertz CT molecular complexity index is 780. The van der Waals surface area contributed by atoms with Crippen LogP contribution in [0, 0.1) is 5.92 Å². The highest BCUT2D eigenvalue weighted by Crippen LogP contribution is 2.44. The standard InChI is InChI=1S/C17H19NO2S3/c19-23(20,16-6-3-10-22-16)18-9-7-13-4-1-2-5-15(13)17(18)14-8-11-21-12-14/h1-6,10,14,17H,7-9,11-12H2. The van der Waals surface area contributed by atoms with E-state index in [4.69, 9.17) is 0 Å². The van der Waals surface area contributed by atoms with Gasteiger partial charge in [0.2, 0.25) is 0 Å². The molecule has 0 radical (unpaired) electrons. The number of nitrogens with zero attached hydrogens (tertiary/aromatic N) is 1. The van der Waals surface area contributed by atoms with Crippen LogP contribution in [0.2, 0.25) is 0 Å². The van der Waals surface area contributed by atoms with Gasteiger partial charge in [0.1, 0.15) is 4.21 Å². The summed E-state index contributed by atoms with van der Waals surface area (Å²) in [6.07, 6.45) is 1.90. The van der Waals surface area contributed by atoms with Crippen molar-refractivity contribution < 1.29 is 8.42 Å². The van der Waals surface area contributed by atoms with Gasteiger partial charge in [-0.1, -0.05) is 30.3 Å². The molecule has 0 saturated carbocycles. The molecule has 1 aromatic carbocycles. The molecule has 122 valence electrons. The normalized spacial score (nSPS) is 25.4. The van der Waals surface area contributed by atoms with Crippen LogP contribution in [-0.4, -0.2) is 30.8 Å². The Morgan fingerprint density at radius 2 is 2.00 bits per heavy atom. The average molecular weight is 366 g/mol. The first-order valence-corrected chi connectivity index (χ1v) is 11.4. The van der Waals surface area contributed by atoms with Crippen LogP contribution < -0.4 is 0 Å². The van der Waals surface area contributed by atoms with E-state index in [9.17, 15) is 8.42 Å². The Labute approximate surface area is 145 Å². The fourth-order valence-electron chi connectivity index (χ4n) is 3.66. The van der Waals surface area contributed by atoms with Gasteiger partial charge in [0.25, 0.3) is 10.0 Å². The van der Waals surface area contributed by atoms with Crippen molar-refractivity contribution in [2.24, 2.45) is 5.92 Å². The molecule has 0 spiro atoms. The molecule has 0 bridgehead atoms. The van der Waals surface area contributed by atoms with E-state index in [0.29, 0.717) is 16.7 Å². The molecule has 2 aromatic rings. The summed E-state index contributed by atoms with van der Waals surface area (Å²) >= 11 is 3.26. The lowest BCUT2D eigenvalue weighted by molar-refractivity contribution is 0.240. The van der Waals surface area contributed by atoms with E-state index in [0.717, 1.165) is 24.3 Å². The molecule has 3 heterocycles. The first kappa shape index (κ1) is 15.7. The van der Waals surface area contributed by atoms with Crippen LogP contribution in [0.1, 0.15) is 23.6 Å². The topological polar surface area (TPSA) is 37.4 Å². The number of hydrogen-bond acceptors (Lipinski definition) is 4. The zero-order chi connectivity index (χ0) is 15.9. The number of hydrogen-bond donors (Lipinski definition) is 0. The van der Waals surface area contributed by atoms with Gasteiger partial charge in [-0.2, -0.15) is 16.1 Å². The summed E-state index contributed by atoms with van der Waals surface area (Å²) in [4.78, 5) is 0. The summed E-state index contributed by atoms with van der Waals surface area (Å²) in [6.45, 7) is 0.586. The highest BCUT2D eigenvalue weighted by atomic mass is 32.2. The lowest BCUT2D eigenvalue weighted by Crippen LogP contribution is -2.43. The van der Waals surface area contributed by atoms with Gasteiger partial charge in [-0.25, -0.2) is 8.42 Å². The molecule has 1 fully saturated rings. The second-order valence-corrected chi connectivity index (χ2v) is 10.3. The second kappa shape index (κ2) is 6.24. The van der Waals surface area contributed by atoms with Gasteiger partial charge in [-0.3, -0.25) is 0 Å². The largest absolute Gasteiger partial charge is 0.253 e. The van der Waals surface area contributed by atoms with Crippen molar-refractivity contribution in [3.8, 4) is 0 Å².